The number of pyridine rings is 1. The first-order valence-corrected chi connectivity index (χ1v) is 16.9. The molecular weight excluding hydrogens is 628 g/mol. The minimum Gasteiger partial charge on any atom is -0.508 e. The molecule has 49 heavy (non-hydrogen) atoms. The van der Waals surface area contributed by atoms with Crippen molar-refractivity contribution in [1.82, 2.24) is 24.9 Å². The molecule has 2 aromatic carbocycles. The fraction of sp³-hybridized carbons (Fsp3) is 0.444. The Labute approximate surface area is 284 Å². The molecule has 0 radical (unpaired) electrons. The molecule has 260 valence electrons. The fourth-order valence-corrected chi connectivity index (χ4v) is 5.85. The number of nitrogens with two attached hydrogens (primary N) is 1. The van der Waals surface area contributed by atoms with Gasteiger partial charge in [-0.15, -0.1) is 5.06 Å². The Morgan fingerprint density at radius 3 is 2.47 bits per heavy atom. The number of rotatable bonds is 17. The van der Waals surface area contributed by atoms with Crippen LogP contribution in [0.2, 0.25) is 0 Å². The predicted molar refractivity (Wildman–Crippen MR) is 183 cm³/mol. The number of phenolic OH excluding ortho intramolecular Hbond substituents is 1. The van der Waals surface area contributed by atoms with Crippen LogP contribution in [-0.4, -0.2) is 68.2 Å². The third-order valence-corrected chi connectivity index (χ3v) is 8.50. The summed E-state index contributed by atoms with van der Waals surface area (Å²) in [4.78, 5) is 61.4. The lowest BCUT2D eigenvalue weighted by Gasteiger charge is -2.13. The highest BCUT2D eigenvalue weighted by Crippen LogP contribution is 2.31. The number of nitrogen functional groups attached to an aromatic ring is 1. The molecule has 1 fully saturated rings. The molecule has 0 bridgehead atoms. The van der Waals surface area contributed by atoms with Gasteiger partial charge in [-0.05, 0) is 67.5 Å². The second-order valence-corrected chi connectivity index (χ2v) is 12.3. The van der Waals surface area contributed by atoms with Crippen molar-refractivity contribution in [3.8, 4) is 5.75 Å². The van der Waals surface area contributed by atoms with Gasteiger partial charge in [0.05, 0.1) is 17.5 Å². The van der Waals surface area contributed by atoms with Crippen LogP contribution >= 0.6 is 0 Å². The number of hydrogen-bond acceptors (Lipinski definition) is 10. The van der Waals surface area contributed by atoms with Crippen LogP contribution in [0.15, 0.2) is 36.4 Å². The van der Waals surface area contributed by atoms with Crippen LogP contribution in [0.5, 0.6) is 5.75 Å². The van der Waals surface area contributed by atoms with E-state index in [1.807, 2.05) is 25.1 Å². The number of anilines is 1. The quantitative estimate of drug-likeness (QED) is 0.107. The molecule has 13 nitrogen and oxygen atoms in total. The summed E-state index contributed by atoms with van der Waals surface area (Å²) in [7, 11) is 0. The smallest absolute Gasteiger partial charge is 0.333 e. The van der Waals surface area contributed by atoms with E-state index in [1.54, 1.807) is 6.07 Å². The number of hydrogen-bond donors (Lipinski definition) is 3. The van der Waals surface area contributed by atoms with Crippen molar-refractivity contribution in [2.75, 3.05) is 25.5 Å². The second-order valence-electron chi connectivity index (χ2n) is 12.3. The Morgan fingerprint density at radius 1 is 0.959 bits per heavy atom. The number of hydroxylamine groups is 2. The number of phenols is 1. The number of benzene rings is 2. The molecule has 0 unspecified atom stereocenters. The van der Waals surface area contributed by atoms with Gasteiger partial charge in [-0.2, -0.15) is 0 Å². The number of carbonyl (C=O) groups is 4. The van der Waals surface area contributed by atoms with Gasteiger partial charge < -0.3 is 30.3 Å². The van der Waals surface area contributed by atoms with E-state index < -0.39 is 17.8 Å². The summed E-state index contributed by atoms with van der Waals surface area (Å²) >= 11 is 0. The van der Waals surface area contributed by atoms with Gasteiger partial charge in [0.25, 0.3) is 11.8 Å². The van der Waals surface area contributed by atoms with Crippen molar-refractivity contribution in [2.24, 2.45) is 0 Å². The number of fused-ring (bicyclic) bond motifs is 3. The molecule has 0 spiro atoms. The molecule has 4 N–H and O–H groups in total. The van der Waals surface area contributed by atoms with E-state index in [9.17, 15) is 24.3 Å². The maximum absolute atomic E-state index is 12.1. The highest BCUT2D eigenvalue weighted by Gasteiger charge is 2.32. The monoisotopic (exact) mass is 672 g/mol. The van der Waals surface area contributed by atoms with Crippen LogP contribution in [0.4, 0.5) is 5.82 Å². The number of imidazole rings is 1. The summed E-state index contributed by atoms with van der Waals surface area (Å²) in [6.45, 7) is 6.08. The zero-order valence-electron chi connectivity index (χ0n) is 28.1. The van der Waals surface area contributed by atoms with Gasteiger partial charge in [-0.25, -0.2) is 14.8 Å². The van der Waals surface area contributed by atoms with Crippen molar-refractivity contribution in [3.05, 3.63) is 58.9 Å². The number of carbonyl (C=O) groups excluding carboxylic acids is 4. The summed E-state index contributed by atoms with van der Waals surface area (Å²) < 4.78 is 8.04. The number of aromatic nitrogens is 3. The molecule has 1 aliphatic heterocycles. The Morgan fingerprint density at radius 2 is 1.71 bits per heavy atom. The van der Waals surface area contributed by atoms with Gasteiger partial charge >= 0.3 is 5.97 Å². The third-order valence-electron chi connectivity index (χ3n) is 8.50. The molecule has 5 rings (SSSR count). The minimum atomic E-state index is -0.801. The summed E-state index contributed by atoms with van der Waals surface area (Å²) in [5.41, 5.74) is 12.0. The molecule has 3 amide bonds. The SMILES string of the molecule is CCCCc1nc2c(N)nc3ccc(CCCOCCCNC(=O)CCC(=O)ON4C(=O)CCC4=O)cc3c2n1Cc1ccc(O)c(C)c1. The van der Waals surface area contributed by atoms with E-state index in [4.69, 9.17) is 20.3 Å². The largest absolute Gasteiger partial charge is 0.508 e. The molecule has 0 saturated carbocycles. The minimum absolute atomic E-state index is 0.0195. The van der Waals surface area contributed by atoms with Gasteiger partial charge in [0.2, 0.25) is 5.91 Å². The number of amides is 3. The number of aryl methyl sites for hydroxylation is 3. The lowest BCUT2D eigenvalue weighted by Crippen LogP contribution is -2.32. The van der Waals surface area contributed by atoms with Crippen molar-refractivity contribution < 1.29 is 33.9 Å². The number of aromatic hydroxyl groups is 1. The van der Waals surface area contributed by atoms with Crippen LogP contribution in [0.1, 0.15) is 80.8 Å². The number of nitrogens with zero attached hydrogens (tertiary/aromatic N) is 4. The fourth-order valence-electron chi connectivity index (χ4n) is 5.85. The molecule has 0 aliphatic carbocycles. The lowest BCUT2D eigenvalue weighted by molar-refractivity contribution is -0.197. The van der Waals surface area contributed by atoms with Crippen molar-refractivity contribution >= 4 is 51.4 Å². The van der Waals surface area contributed by atoms with Crippen molar-refractivity contribution in [3.63, 3.8) is 0 Å². The predicted octanol–water partition coefficient (Wildman–Crippen LogP) is 4.41. The summed E-state index contributed by atoms with van der Waals surface area (Å²) in [6, 6.07) is 11.9. The molecular formula is C36H44N6O7. The van der Waals surface area contributed by atoms with E-state index in [0.717, 1.165) is 71.0 Å². The highest BCUT2D eigenvalue weighted by molar-refractivity contribution is 6.07. The van der Waals surface area contributed by atoms with Gasteiger partial charge in [-0.1, -0.05) is 31.5 Å². The Bertz CT molecular complexity index is 1840. The van der Waals surface area contributed by atoms with Gasteiger partial charge in [0, 0.05) is 57.4 Å². The Kier molecular flexibility index (Phi) is 11.8. The average Bonchev–Trinajstić information content (AvgIpc) is 3.61. The van der Waals surface area contributed by atoms with E-state index in [2.05, 4.69) is 33.9 Å². The van der Waals surface area contributed by atoms with Crippen LogP contribution in [-0.2, 0) is 48.1 Å². The Balaban J connectivity index is 1.12. The zero-order valence-corrected chi connectivity index (χ0v) is 28.1. The highest BCUT2D eigenvalue weighted by atomic mass is 16.7. The molecule has 0 atom stereocenters. The zero-order chi connectivity index (χ0) is 34.9. The van der Waals surface area contributed by atoms with Crippen LogP contribution < -0.4 is 11.1 Å². The lowest BCUT2D eigenvalue weighted by atomic mass is 10.1. The number of ether oxygens (including phenoxy) is 1. The summed E-state index contributed by atoms with van der Waals surface area (Å²) in [6.07, 6.45) is 4.80. The first kappa shape index (κ1) is 35.3. The third kappa shape index (κ3) is 8.91. The van der Waals surface area contributed by atoms with Gasteiger partial charge in [0.15, 0.2) is 5.82 Å². The van der Waals surface area contributed by atoms with Crippen molar-refractivity contribution in [2.45, 2.75) is 84.6 Å². The first-order valence-electron chi connectivity index (χ1n) is 16.9. The standard InChI is InChI=1S/C36H44N6O7/c1-3-4-8-29-40-34-35(41(29)22-25-10-12-28(43)23(2)20-25)26-21-24(9-11-27(26)39-36(34)37)7-5-18-48-19-6-17-38-30(44)13-16-33(47)49-42-31(45)14-15-32(42)46/h9-12,20-21,43H,3-8,13-19,22H2,1-2H3,(H2,37,39)(H,38,44). The van der Waals surface area contributed by atoms with E-state index in [0.29, 0.717) is 49.1 Å². The second kappa shape index (κ2) is 16.4. The number of imide groups is 1. The first-order chi connectivity index (χ1) is 23.6. The van der Waals surface area contributed by atoms with Crippen LogP contribution in [0, 0.1) is 6.92 Å². The molecule has 3 heterocycles. The summed E-state index contributed by atoms with van der Waals surface area (Å²) in [5, 5.41) is 14.3. The topological polar surface area (TPSA) is 179 Å². The number of nitrogens with one attached hydrogen (secondary N) is 1. The van der Waals surface area contributed by atoms with E-state index >= 15 is 0 Å². The Hall–Kier alpha value is -5.04. The maximum atomic E-state index is 12.1. The van der Waals surface area contributed by atoms with E-state index in [-0.39, 0.29) is 37.3 Å². The molecule has 1 aliphatic rings. The molecule has 1 saturated heterocycles. The van der Waals surface area contributed by atoms with Gasteiger partial charge in [-0.3, -0.25) is 14.4 Å². The van der Waals surface area contributed by atoms with Crippen LogP contribution in [0.25, 0.3) is 21.9 Å². The number of unbranched alkanes of at least 4 members (excludes halogenated alkanes) is 1. The summed E-state index contributed by atoms with van der Waals surface area (Å²) in [5.74, 6) is -0.582. The molecule has 2 aromatic heterocycles. The van der Waals surface area contributed by atoms with E-state index in [1.165, 1.54) is 0 Å². The molecule has 13 heteroatoms. The van der Waals surface area contributed by atoms with Crippen molar-refractivity contribution in [1.29, 1.82) is 0 Å². The molecule has 4 aromatic rings. The maximum Gasteiger partial charge on any atom is 0.333 e. The van der Waals surface area contributed by atoms with Gasteiger partial charge in [0.1, 0.15) is 17.1 Å². The normalized spacial score (nSPS) is 13.1. The van der Waals surface area contributed by atoms with Crippen LogP contribution in [0.3, 0.4) is 0 Å². The average molecular weight is 673 g/mol.